The molecule has 2 heterocycles. The van der Waals surface area contributed by atoms with E-state index < -0.39 is 0 Å². The average molecular weight is 179 g/mol. The summed E-state index contributed by atoms with van der Waals surface area (Å²) in [6.07, 6.45) is 1.03. The second-order valence-corrected chi connectivity index (χ2v) is 5.00. The first-order valence-corrected chi connectivity index (χ1v) is 4.86. The summed E-state index contributed by atoms with van der Waals surface area (Å²) >= 11 is 0. The lowest BCUT2D eigenvalue weighted by Gasteiger charge is -2.15. The van der Waals surface area contributed by atoms with Gasteiger partial charge in [0, 0.05) is 18.5 Å². The number of rotatable bonds is 1. The van der Waals surface area contributed by atoms with E-state index in [2.05, 4.69) is 32.2 Å². The van der Waals surface area contributed by atoms with Gasteiger partial charge < -0.3 is 9.73 Å². The van der Waals surface area contributed by atoms with Gasteiger partial charge in [-0.2, -0.15) is 0 Å². The molecule has 0 radical (unpaired) electrons. The van der Waals surface area contributed by atoms with Crippen molar-refractivity contribution in [2.24, 2.45) is 5.41 Å². The summed E-state index contributed by atoms with van der Waals surface area (Å²) in [5.74, 6) is 2.28. The lowest BCUT2D eigenvalue weighted by molar-refractivity contribution is 0.353. The molecule has 1 aliphatic heterocycles. The van der Waals surface area contributed by atoms with Crippen molar-refractivity contribution in [1.29, 1.82) is 0 Å². The van der Waals surface area contributed by atoms with Crippen LogP contribution in [0.2, 0.25) is 0 Å². The molecule has 72 valence electrons. The lowest BCUT2D eigenvalue weighted by Crippen LogP contribution is -2.09. The Bertz CT molecular complexity index is 285. The maximum absolute atomic E-state index is 5.74. The third-order valence-electron chi connectivity index (χ3n) is 2.25. The Morgan fingerprint density at radius 3 is 2.77 bits per heavy atom. The molecule has 0 aliphatic carbocycles. The van der Waals surface area contributed by atoms with Crippen molar-refractivity contribution in [3.05, 3.63) is 23.2 Å². The molecule has 2 nitrogen and oxygen atoms in total. The minimum absolute atomic E-state index is 0.318. The Kier molecular flexibility index (Phi) is 1.95. The number of furan rings is 1. The fourth-order valence-electron chi connectivity index (χ4n) is 1.75. The van der Waals surface area contributed by atoms with E-state index in [1.54, 1.807) is 0 Å². The molecule has 1 N–H and O–H groups in total. The second-order valence-electron chi connectivity index (χ2n) is 5.00. The molecule has 0 aromatic carbocycles. The molecule has 0 saturated heterocycles. The standard InChI is InChI=1S/C11H17NO/c1-11(2,3)5-9-4-8-6-12-7-10(8)13-9/h4,12H,5-7H2,1-3H3. The van der Waals surface area contributed by atoms with E-state index in [4.69, 9.17) is 4.42 Å². The molecule has 0 unspecified atom stereocenters. The smallest absolute Gasteiger partial charge is 0.122 e. The molecule has 13 heavy (non-hydrogen) atoms. The predicted molar refractivity (Wildman–Crippen MR) is 52.4 cm³/mol. The maximum Gasteiger partial charge on any atom is 0.122 e. The zero-order chi connectivity index (χ0) is 9.47. The van der Waals surface area contributed by atoms with Crippen LogP contribution in [-0.4, -0.2) is 0 Å². The summed E-state index contributed by atoms with van der Waals surface area (Å²) < 4.78 is 5.74. The molecule has 0 atom stereocenters. The minimum Gasteiger partial charge on any atom is -0.464 e. The molecule has 1 aromatic rings. The van der Waals surface area contributed by atoms with Crippen LogP contribution in [0.4, 0.5) is 0 Å². The summed E-state index contributed by atoms with van der Waals surface area (Å²) in [4.78, 5) is 0. The molecule has 0 amide bonds. The zero-order valence-corrected chi connectivity index (χ0v) is 8.61. The van der Waals surface area contributed by atoms with Crippen molar-refractivity contribution in [2.45, 2.75) is 40.3 Å². The van der Waals surface area contributed by atoms with Gasteiger partial charge in [-0.25, -0.2) is 0 Å². The molecule has 1 aliphatic rings. The summed E-state index contributed by atoms with van der Waals surface area (Å²) in [5, 5.41) is 3.26. The van der Waals surface area contributed by atoms with E-state index in [9.17, 15) is 0 Å². The fraction of sp³-hybridized carbons (Fsp3) is 0.636. The summed E-state index contributed by atoms with van der Waals surface area (Å²) in [7, 11) is 0. The third-order valence-corrected chi connectivity index (χ3v) is 2.25. The summed E-state index contributed by atoms with van der Waals surface area (Å²) in [6.45, 7) is 8.58. The van der Waals surface area contributed by atoms with Gasteiger partial charge in [-0.3, -0.25) is 0 Å². The van der Waals surface area contributed by atoms with Crippen LogP contribution in [0.3, 0.4) is 0 Å². The normalized spacial score (nSPS) is 16.2. The Labute approximate surface area is 79.3 Å². The highest BCUT2D eigenvalue weighted by molar-refractivity contribution is 5.25. The molecule has 1 aromatic heterocycles. The maximum atomic E-state index is 5.74. The molecular weight excluding hydrogens is 162 g/mol. The van der Waals surface area contributed by atoms with E-state index in [1.807, 2.05) is 0 Å². The average Bonchev–Trinajstić information content (AvgIpc) is 2.40. The molecule has 2 heteroatoms. The Morgan fingerprint density at radius 2 is 2.15 bits per heavy atom. The predicted octanol–water partition coefficient (Wildman–Crippen LogP) is 2.47. The van der Waals surface area contributed by atoms with E-state index >= 15 is 0 Å². The first-order chi connectivity index (χ1) is 6.04. The van der Waals surface area contributed by atoms with Crippen LogP contribution in [0.5, 0.6) is 0 Å². The molecule has 0 saturated carbocycles. The highest BCUT2D eigenvalue weighted by Crippen LogP contribution is 2.26. The summed E-state index contributed by atoms with van der Waals surface area (Å²) in [5.41, 5.74) is 1.66. The molecule has 2 rings (SSSR count). The molecule has 0 bridgehead atoms. The fourth-order valence-corrected chi connectivity index (χ4v) is 1.75. The van der Waals surface area contributed by atoms with Crippen LogP contribution in [0.25, 0.3) is 0 Å². The number of hydrogen-bond donors (Lipinski definition) is 1. The third kappa shape index (κ3) is 1.94. The van der Waals surface area contributed by atoms with E-state index in [0.29, 0.717) is 5.41 Å². The van der Waals surface area contributed by atoms with Crippen LogP contribution >= 0.6 is 0 Å². The largest absolute Gasteiger partial charge is 0.464 e. The van der Waals surface area contributed by atoms with E-state index in [1.165, 1.54) is 5.56 Å². The van der Waals surface area contributed by atoms with Crippen LogP contribution in [0, 0.1) is 5.41 Å². The van der Waals surface area contributed by atoms with Crippen LogP contribution in [0.15, 0.2) is 10.5 Å². The number of hydrogen-bond acceptors (Lipinski definition) is 2. The van der Waals surface area contributed by atoms with Crippen LogP contribution in [-0.2, 0) is 19.5 Å². The van der Waals surface area contributed by atoms with Gasteiger partial charge in [-0.05, 0) is 11.5 Å². The van der Waals surface area contributed by atoms with Gasteiger partial charge in [0.1, 0.15) is 11.5 Å². The van der Waals surface area contributed by atoms with Crippen LogP contribution < -0.4 is 5.32 Å². The van der Waals surface area contributed by atoms with Crippen LogP contribution in [0.1, 0.15) is 37.9 Å². The van der Waals surface area contributed by atoms with E-state index in [0.717, 1.165) is 31.0 Å². The second kappa shape index (κ2) is 2.88. The van der Waals surface area contributed by atoms with Gasteiger partial charge >= 0.3 is 0 Å². The van der Waals surface area contributed by atoms with Crippen molar-refractivity contribution in [2.75, 3.05) is 0 Å². The Balaban J connectivity index is 2.15. The van der Waals surface area contributed by atoms with Crippen molar-refractivity contribution >= 4 is 0 Å². The first-order valence-electron chi connectivity index (χ1n) is 4.86. The van der Waals surface area contributed by atoms with Crippen molar-refractivity contribution in [3.8, 4) is 0 Å². The Hall–Kier alpha value is -0.760. The van der Waals surface area contributed by atoms with Crippen molar-refractivity contribution in [1.82, 2.24) is 5.32 Å². The Morgan fingerprint density at radius 1 is 1.38 bits per heavy atom. The SMILES string of the molecule is CC(C)(C)Cc1cc2c(o1)CNC2. The molecular formula is C11H17NO. The zero-order valence-electron chi connectivity index (χ0n) is 8.61. The van der Waals surface area contributed by atoms with Crippen molar-refractivity contribution < 1.29 is 4.42 Å². The van der Waals surface area contributed by atoms with Gasteiger partial charge in [0.05, 0.1) is 6.54 Å². The van der Waals surface area contributed by atoms with Gasteiger partial charge in [-0.15, -0.1) is 0 Å². The highest BCUT2D eigenvalue weighted by atomic mass is 16.3. The van der Waals surface area contributed by atoms with Gasteiger partial charge in [0.2, 0.25) is 0 Å². The monoisotopic (exact) mass is 179 g/mol. The molecule has 0 spiro atoms. The summed E-state index contributed by atoms with van der Waals surface area (Å²) in [6, 6.07) is 2.20. The van der Waals surface area contributed by atoms with Gasteiger partial charge in [0.25, 0.3) is 0 Å². The quantitative estimate of drug-likeness (QED) is 0.716. The first kappa shape index (κ1) is 8.82. The number of nitrogens with one attached hydrogen (secondary N) is 1. The minimum atomic E-state index is 0.318. The highest BCUT2D eigenvalue weighted by Gasteiger charge is 2.19. The van der Waals surface area contributed by atoms with Gasteiger partial charge in [0.15, 0.2) is 0 Å². The number of fused-ring (bicyclic) bond motifs is 1. The van der Waals surface area contributed by atoms with E-state index in [-0.39, 0.29) is 0 Å². The van der Waals surface area contributed by atoms with Crippen molar-refractivity contribution in [3.63, 3.8) is 0 Å². The topological polar surface area (TPSA) is 25.2 Å². The van der Waals surface area contributed by atoms with Gasteiger partial charge in [-0.1, -0.05) is 20.8 Å². The molecule has 0 fully saturated rings. The lowest BCUT2D eigenvalue weighted by atomic mass is 9.91.